The summed E-state index contributed by atoms with van der Waals surface area (Å²) in [6, 6.07) is 0. The first-order chi connectivity index (χ1) is 9.40. The molecule has 0 saturated carbocycles. The minimum atomic E-state index is -1.34. The van der Waals surface area contributed by atoms with Crippen molar-refractivity contribution in [1.82, 2.24) is 0 Å². The zero-order valence-electron chi connectivity index (χ0n) is 12.5. The molecule has 0 fully saturated rings. The van der Waals surface area contributed by atoms with Crippen LogP contribution in [0.2, 0.25) is 0 Å². The molecule has 120 valence electrons. The van der Waals surface area contributed by atoms with Crippen LogP contribution < -0.4 is 0 Å². The van der Waals surface area contributed by atoms with Gasteiger partial charge in [-0.25, -0.2) is 0 Å². The van der Waals surface area contributed by atoms with Gasteiger partial charge in [-0.3, -0.25) is 9.59 Å². The van der Waals surface area contributed by atoms with Crippen LogP contribution in [0.1, 0.15) is 58.8 Å². The molecule has 0 radical (unpaired) electrons. The molecule has 4 N–H and O–H groups in total. The van der Waals surface area contributed by atoms with Crippen LogP contribution in [-0.4, -0.2) is 45.6 Å². The Bertz CT molecular complexity index is 260. The van der Waals surface area contributed by atoms with Crippen molar-refractivity contribution in [2.75, 3.05) is 13.2 Å². The Kier molecular flexibility index (Phi) is 13.6. The first-order valence-electron chi connectivity index (χ1n) is 7.07. The average Bonchev–Trinajstić information content (AvgIpc) is 2.41. The molecule has 6 nitrogen and oxygen atoms in total. The van der Waals surface area contributed by atoms with Crippen molar-refractivity contribution in [3.05, 3.63) is 0 Å². The Hall–Kier alpha value is -1.14. The van der Waals surface area contributed by atoms with Gasteiger partial charge in [-0.1, -0.05) is 39.5 Å². The third-order valence-electron chi connectivity index (χ3n) is 3.06. The molecule has 0 aliphatic carbocycles. The zero-order valence-corrected chi connectivity index (χ0v) is 12.5. The van der Waals surface area contributed by atoms with Crippen molar-refractivity contribution in [2.45, 2.75) is 58.8 Å². The summed E-state index contributed by atoms with van der Waals surface area (Å²) in [4.78, 5) is 20.5. The zero-order chi connectivity index (χ0) is 16.0. The van der Waals surface area contributed by atoms with Crippen molar-refractivity contribution >= 4 is 11.9 Å². The van der Waals surface area contributed by atoms with Crippen LogP contribution in [0.5, 0.6) is 0 Å². The van der Waals surface area contributed by atoms with Crippen molar-refractivity contribution in [1.29, 1.82) is 0 Å². The van der Waals surface area contributed by atoms with E-state index in [0.717, 1.165) is 25.7 Å². The quantitative estimate of drug-likeness (QED) is 0.457. The largest absolute Gasteiger partial charge is 0.481 e. The summed E-state index contributed by atoms with van der Waals surface area (Å²) < 4.78 is 0. The number of carboxylic acid groups (broad SMARTS) is 2. The smallest absolute Gasteiger partial charge is 0.314 e. The number of hydrogen-bond donors (Lipinski definition) is 4. The van der Waals surface area contributed by atoms with E-state index in [1.54, 1.807) is 0 Å². The lowest BCUT2D eigenvalue weighted by Gasteiger charge is -2.24. The molecule has 0 saturated heterocycles. The minimum Gasteiger partial charge on any atom is -0.481 e. The molecule has 0 rings (SSSR count). The number of aliphatic hydroxyl groups is 2. The van der Waals surface area contributed by atoms with E-state index in [0.29, 0.717) is 19.3 Å². The second-order valence-corrected chi connectivity index (χ2v) is 4.86. The Morgan fingerprint density at radius 3 is 1.70 bits per heavy atom. The van der Waals surface area contributed by atoms with Crippen molar-refractivity contribution in [3.8, 4) is 0 Å². The molecule has 0 atom stereocenters. The van der Waals surface area contributed by atoms with E-state index < -0.39 is 30.6 Å². The molecule has 0 bridgehead atoms. The van der Waals surface area contributed by atoms with Gasteiger partial charge in [-0.2, -0.15) is 0 Å². The highest BCUT2D eigenvalue weighted by Crippen LogP contribution is 2.23. The highest BCUT2D eigenvalue weighted by Gasteiger charge is 2.36. The van der Waals surface area contributed by atoms with Gasteiger partial charge in [-0.15, -0.1) is 0 Å². The molecule has 0 aliphatic heterocycles. The Labute approximate surface area is 120 Å². The summed E-state index contributed by atoms with van der Waals surface area (Å²) in [6.45, 7) is 2.99. The normalized spacial score (nSPS) is 10.6. The molecular weight excluding hydrogens is 264 g/mol. The monoisotopic (exact) mass is 292 g/mol. The summed E-state index contributed by atoms with van der Waals surface area (Å²) >= 11 is 0. The molecule has 0 unspecified atom stereocenters. The molecule has 0 aromatic carbocycles. The fraction of sp³-hybridized carbons (Fsp3) is 0.857. The van der Waals surface area contributed by atoms with Gasteiger partial charge in [0.15, 0.2) is 0 Å². The molecule has 0 heterocycles. The number of carbonyl (C=O) groups is 2. The Morgan fingerprint density at radius 1 is 0.900 bits per heavy atom. The summed E-state index contributed by atoms with van der Waals surface area (Å²) in [5.41, 5.74) is -1.34. The Morgan fingerprint density at radius 2 is 1.40 bits per heavy atom. The van der Waals surface area contributed by atoms with E-state index in [4.69, 9.17) is 20.4 Å². The second kappa shape index (κ2) is 12.9. The van der Waals surface area contributed by atoms with Crippen LogP contribution >= 0.6 is 0 Å². The first kappa shape index (κ1) is 21.2. The van der Waals surface area contributed by atoms with Gasteiger partial charge in [-0.05, 0) is 12.8 Å². The second-order valence-electron chi connectivity index (χ2n) is 4.86. The highest BCUT2D eigenvalue weighted by molar-refractivity contribution is 5.74. The molecule has 0 aromatic rings. The molecule has 0 spiro atoms. The van der Waals surface area contributed by atoms with Crippen molar-refractivity contribution in [3.63, 3.8) is 0 Å². The number of rotatable bonds is 10. The van der Waals surface area contributed by atoms with Crippen LogP contribution in [-0.2, 0) is 9.59 Å². The summed E-state index contributed by atoms with van der Waals surface area (Å²) in [5, 5.41) is 34.5. The molecule has 0 aromatic heterocycles. The predicted molar refractivity (Wildman–Crippen MR) is 75.5 cm³/mol. The Balaban J connectivity index is 0. The predicted octanol–water partition coefficient (Wildman–Crippen LogP) is 1.88. The van der Waals surface area contributed by atoms with Gasteiger partial charge < -0.3 is 20.4 Å². The van der Waals surface area contributed by atoms with E-state index >= 15 is 0 Å². The standard InChI is InChI=1S/C8H16O4.C6H12O2/c1-2-3-4-8(5-9,6-10)7(11)12;1-2-3-4-5-6(7)8/h9-10H,2-6H2,1H3,(H,11,12);2-5H2,1H3,(H,7,8). The van der Waals surface area contributed by atoms with Crippen molar-refractivity contribution in [2.24, 2.45) is 5.41 Å². The summed E-state index contributed by atoms with van der Waals surface area (Å²) in [5.74, 6) is -1.81. The maximum atomic E-state index is 10.7. The molecule has 20 heavy (non-hydrogen) atoms. The minimum absolute atomic E-state index is 0.325. The van der Waals surface area contributed by atoms with E-state index in [2.05, 4.69) is 6.92 Å². The lowest BCUT2D eigenvalue weighted by Crippen LogP contribution is -2.38. The van der Waals surface area contributed by atoms with E-state index in [1.807, 2.05) is 6.92 Å². The highest BCUT2D eigenvalue weighted by atomic mass is 16.4. The van der Waals surface area contributed by atoms with Crippen LogP contribution in [0.15, 0.2) is 0 Å². The summed E-state index contributed by atoms with van der Waals surface area (Å²) in [7, 11) is 0. The lowest BCUT2D eigenvalue weighted by atomic mass is 9.84. The fourth-order valence-electron chi connectivity index (χ4n) is 1.49. The first-order valence-corrected chi connectivity index (χ1v) is 7.07. The van der Waals surface area contributed by atoms with Gasteiger partial charge in [0.1, 0.15) is 5.41 Å². The fourth-order valence-corrected chi connectivity index (χ4v) is 1.49. The number of aliphatic hydroxyl groups excluding tert-OH is 2. The summed E-state index contributed by atoms with van der Waals surface area (Å²) in [6.07, 6.45) is 5.16. The van der Waals surface area contributed by atoms with E-state index in [9.17, 15) is 9.59 Å². The lowest BCUT2D eigenvalue weighted by molar-refractivity contribution is -0.155. The van der Waals surface area contributed by atoms with Gasteiger partial charge in [0.2, 0.25) is 0 Å². The molecular formula is C14H28O6. The number of aliphatic carboxylic acids is 2. The van der Waals surface area contributed by atoms with Gasteiger partial charge in [0.05, 0.1) is 13.2 Å². The average molecular weight is 292 g/mol. The van der Waals surface area contributed by atoms with Gasteiger partial charge in [0, 0.05) is 6.42 Å². The molecule has 6 heteroatoms. The van der Waals surface area contributed by atoms with Crippen LogP contribution in [0, 0.1) is 5.41 Å². The molecule has 0 amide bonds. The number of unbranched alkanes of at least 4 members (excludes halogenated alkanes) is 3. The van der Waals surface area contributed by atoms with Crippen LogP contribution in [0.4, 0.5) is 0 Å². The molecule has 0 aliphatic rings. The maximum Gasteiger partial charge on any atom is 0.314 e. The van der Waals surface area contributed by atoms with Crippen LogP contribution in [0.25, 0.3) is 0 Å². The third-order valence-corrected chi connectivity index (χ3v) is 3.06. The van der Waals surface area contributed by atoms with Crippen LogP contribution in [0.3, 0.4) is 0 Å². The van der Waals surface area contributed by atoms with Crippen molar-refractivity contribution < 1.29 is 30.0 Å². The van der Waals surface area contributed by atoms with E-state index in [1.165, 1.54) is 0 Å². The maximum absolute atomic E-state index is 10.7. The third kappa shape index (κ3) is 9.75. The van der Waals surface area contributed by atoms with Gasteiger partial charge >= 0.3 is 11.9 Å². The number of carboxylic acids is 2. The van der Waals surface area contributed by atoms with Gasteiger partial charge in [0.25, 0.3) is 0 Å². The topological polar surface area (TPSA) is 115 Å². The number of hydrogen-bond acceptors (Lipinski definition) is 4. The van der Waals surface area contributed by atoms with E-state index in [-0.39, 0.29) is 0 Å². The SMILES string of the molecule is CCCCC(CO)(CO)C(=O)O.CCCCCC(=O)O.